The predicted octanol–water partition coefficient (Wildman–Crippen LogP) is 7.06. The molecule has 5 nitrogen and oxygen atoms in total. The van der Waals surface area contributed by atoms with E-state index in [-0.39, 0.29) is 17.9 Å². The number of hydrogen-bond acceptors (Lipinski definition) is 4. The van der Waals surface area contributed by atoms with Crippen LogP contribution in [0.15, 0.2) is 39.2 Å². The molecule has 1 amide bonds. The quantitative estimate of drug-likeness (QED) is 0.407. The number of carbonyl (C=O) groups is 1. The summed E-state index contributed by atoms with van der Waals surface area (Å²) in [6, 6.07) is 7.32. The minimum absolute atomic E-state index is 0.0984. The smallest absolute Gasteiger partial charge is 0.263 e. The Labute approximate surface area is 213 Å². The number of nitrogens with one attached hydrogen (secondary N) is 1. The number of nitrogens with zero attached hydrogens (tertiary/aromatic N) is 3. The second-order valence-electron chi connectivity index (χ2n) is 8.17. The highest BCUT2D eigenvalue weighted by Crippen LogP contribution is 2.44. The molecule has 1 N–H and O–H groups in total. The van der Waals surface area contributed by atoms with E-state index >= 15 is 0 Å². The van der Waals surface area contributed by atoms with Gasteiger partial charge in [-0.3, -0.25) is 9.80 Å². The fourth-order valence-corrected chi connectivity index (χ4v) is 6.36. The van der Waals surface area contributed by atoms with Crippen molar-refractivity contribution in [2.45, 2.75) is 46.1 Å². The van der Waals surface area contributed by atoms with Crippen molar-refractivity contribution in [3.05, 3.63) is 49.0 Å². The highest BCUT2D eigenvalue weighted by molar-refractivity contribution is 9.10. The molecule has 0 aliphatic carbocycles. The number of hydrogen-bond donors (Lipinski definition) is 1. The Morgan fingerprint density at radius 2 is 1.91 bits per heavy atom. The number of carbonyl (C=O) groups excluding carboxylic acids is 1. The summed E-state index contributed by atoms with van der Waals surface area (Å²) in [6.07, 6.45) is 3.47. The number of piperidine rings is 1. The van der Waals surface area contributed by atoms with Gasteiger partial charge in [0.2, 0.25) is 0 Å². The molecule has 3 heterocycles. The summed E-state index contributed by atoms with van der Waals surface area (Å²) in [6.45, 7) is 7.94. The molecule has 0 spiro atoms. The lowest BCUT2D eigenvalue weighted by Crippen LogP contribution is -2.61. The normalized spacial score (nSPS) is 22.1. The SMILES string of the molecule is CC.CC1C(C(=O)N[N+]2(C)CCCCC2)=NN(c2ccc(Cl)cc2Cl)C1c1cc(Br)cs1. The largest absolute Gasteiger partial charge is 0.312 e. The number of rotatable bonds is 4. The van der Waals surface area contributed by atoms with Crippen molar-refractivity contribution in [1.29, 1.82) is 0 Å². The molecule has 2 unspecified atom stereocenters. The minimum Gasteiger partial charge on any atom is -0.263 e. The monoisotopic (exact) mass is 559 g/mol. The Hall–Kier alpha value is -1.12. The summed E-state index contributed by atoms with van der Waals surface area (Å²) >= 11 is 17.8. The third kappa shape index (κ3) is 5.50. The molecule has 2 aromatic rings. The lowest BCUT2D eigenvalue weighted by atomic mass is 9.95. The van der Waals surface area contributed by atoms with Gasteiger partial charge >= 0.3 is 5.91 Å². The van der Waals surface area contributed by atoms with E-state index in [1.54, 1.807) is 23.5 Å². The van der Waals surface area contributed by atoms with Crippen LogP contribution in [-0.2, 0) is 4.79 Å². The third-order valence-corrected chi connectivity index (χ3v) is 8.13. The number of amides is 1. The first kappa shape index (κ1) is 25.5. The molecule has 0 radical (unpaired) electrons. The van der Waals surface area contributed by atoms with Gasteiger partial charge in [0, 0.05) is 25.7 Å². The second kappa shape index (κ2) is 10.9. The van der Waals surface area contributed by atoms with Crippen LogP contribution in [0.1, 0.15) is 51.0 Å². The molecule has 1 aromatic carbocycles. The maximum absolute atomic E-state index is 13.3. The molecule has 0 bridgehead atoms. The summed E-state index contributed by atoms with van der Waals surface area (Å²) in [5.74, 6) is -0.209. The van der Waals surface area contributed by atoms with E-state index in [4.69, 9.17) is 28.3 Å². The van der Waals surface area contributed by atoms with Crippen LogP contribution in [0.4, 0.5) is 5.69 Å². The average Bonchev–Trinajstić information content (AvgIpc) is 3.32. The van der Waals surface area contributed by atoms with Crippen LogP contribution in [0.25, 0.3) is 0 Å². The molecular weight excluding hydrogens is 531 g/mol. The summed E-state index contributed by atoms with van der Waals surface area (Å²) in [4.78, 5) is 14.4. The molecule has 32 heavy (non-hydrogen) atoms. The van der Waals surface area contributed by atoms with Crippen LogP contribution < -0.4 is 10.4 Å². The average molecular weight is 561 g/mol. The van der Waals surface area contributed by atoms with Gasteiger partial charge in [-0.2, -0.15) is 10.5 Å². The van der Waals surface area contributed by atoms with Crippen molar-refractivity contribution in [3.8, 4) is 0 Å². The van der Waals surface area contributed by atoms with Crippen LogP contribution in [0.5, 0.6) is 0 Å². The third-order valence-electron chi connectivity index (χ3n) is 5.83. The number of benzene rings is 1. The molecule has 1 saturated heterocycles. The van der Waals surface area contributed by atoms with E-state index in [2.05, 4.69) is 41.4 Å². The first-order valence-electron chi connectivity index (χ1n) is 11.0. The molecule has 2 aliphatic heterocycles. The van der Waals surface area contributed by atoms with Crippen LogP contribution >= 0.6 is 50.5 Å². The number of quaternary nitrogens is 1. The lowest BCUT2D eigenvalue weighted by molar-refractivity contribution is -0.947. The maximum Gasteiger partial charge on any atom is 0.312 e. The van der Waals surface area contributed by atoms with E-state index in [1.807, 2.05) is 30.3 Å². The molecule has 4 rings (SSSR count). The van der Waals surface area contributed by atoms with Crippen LogP contribution in [0.2, 0.25) is 10.0 Å². The zero-order valence-electron chi connectivity index (χ0n) is 18.9. The van der Waals surface area contributed by atoms with Crippen molar-refractivity contribution in [2.75, 3.05) is 25.1 Å². The van der Waals surface area contributed by atoms with Gasteiger partial charge in [-0.15, -0.1) is 11.3 Å². The van der Waals surface area contributed by atoms with Crippen LogP contribution in [0.3, 0.4) is 0 Å². The summed E-state index contributed by atoms with van der Waals surface area (Å²) in [7, 11) is 2.08. The Bertz CT molecular complexity index is 990. The Morgan fingerprint density at radius 3 is 2.50 bits per heavy atom. The number of thiophene rings is 1. The van der Waals surface area contributed by atoms with E-state index in [0.717, 1.165) is 41.0 Å². The van der Waals surface area contributed by atoms with E-state index in [9.17, 15) is 4.79 Å². The fraction of sp³-hybridized carbons (Fsp3) is 0.478. The second-order valence-corrected chi connectivity index (χ2v) is 10.9. The number of likely N-dealkylation sites (tertiary alicyclic amines) is 1. The summed E-state index contributed by atoms with van der Waals surface area (Å²) < 4.78 is 1.57. The zero-order valence-corrected chi connectivity index (χ0v) is 22.8. The fourth-order valence-electron chi connectivity index (χ4n) is 4.23. The van der Waals surface area contributed by atoms with Crippen molar-refractivity contribution < 1.29 is 9.39 Å². The molecule has 0 saturated carbocycles. The number of hydrazone groups is 1. The van der Waals surface area contributed by atoms with Crippen molar-refractivity contribution in [3.63, 3.8) is 0 Å². The molecule has 2 atom stereocenters. The number of anilines is 1. The van der Waals surface area contributed by atoms with Gasteiger partial charge in [-0.25, -0.2) is 4.59 Å². The van der Waals surface area contributed by atoms with Crippen molar-refractivity contribution in [1.82, 2.24) is 5.43 Å². The zero-order chi connectivity index (χ0) is 23.5. The molecule has 1 fully saturated rings. The molecular formula is C23H30BrCl2N4OS+. The van der Waals surface area contributed by atoms with Gasteiger partial charge in [0.15, 0.2) is 0 Å². The van der Waals surface area contributed by atoms with Crippen molar-refractivity contribution in [2.24, 2.45) is 11.0 Å². The van der Waals surface area contributed by atoms with Crippen LogP contribution in [-0.4, -0.2) is 36.3 Å². The summed E-state index contributed by atoms with van der Waals surface area (Å²) in [5, 5.41) is 9.77. The first-order chi connectivity index (χ1) is 15.3. The standard InChI is InChI=1S/C21H23BrCl2N4OS.C2H6/c1-13-19(21(29)26-28(2)8-4-3-5-9-28)25-27(17-7-6-15(23)11-16(17)24)20(13)18-10-14(22)12-30-18;1-2/h6-7,10-13,20H,3-5,8-9H2,1-2H3;1-2H3/p+1. The highest BCUT2D eigenvalue weighted by atomic mass is 79.9. The lowest BCUT2D eigenvalue weighted by Gasteiger charge is -2.36. The molecule has 9 heteroatoms. The van der Waals surface area contributed by atoms with E-state index in [0.29, 0.717) is 20.3 Å². The predicted molar refractivity (Wildman–Crippen MR) is 140 cm³/mol. The van der Waals surface area contributed by atoms with Crippen LogP contribution in [0, 0.1) is 5.92 Å². The van der Waals surface area contributed by atoms with Gasteiger partial charge in [0.25, 0.3) is 0 Å². The van der Waals surface area contributed by atoms with E-state index in [1.165, 1.54) is 6.42 Å². The van der Waals surface area contributed by atoms with Crippen molar-refractivity contribution >= 4 is 67.8 Å². The number of halogens is 3. The van der Waals surface area contributed by atoms with E-state index < -0.39 is 0 Å². The molecule has 174 valence electrons. The maximum atomic E-state index is 13.3. The Kier molecular flexibility index (Phi) is 8.66. The Morgan fingerprint density at radius 1 is 1.22 bits per heavy atom. The summed E-state index contributed by atoms with van der Waals surface area (Å²) in [5.41, 5.74) is 4.49. The van der Waals surface area contributed by atoms with Gasteiger partial charge in [-0.05, 0) is 59.5 Å². The van der Waals surface area contributed by atoms with Gasteiger partial charge in [0.05, 0.1) is 23.8 Å². The van der Waals surface area contributed by atoms with Gasteiger partial charge in [0.1, 0.15) is 18.8 Å². The Balaban J connectivity index is 0.00000141. The topological polar surface area (TPSA) is 44.7 Å². The first-order valence-corrected chi connectivity index (χ1v) is 13.4. The highest BCUT2D eigenvalue weighted by Gasteiger charge is 2.42. The minimum atomic E-state index is -0.118. The molecule has 2 aliphatic rings. The van der Waals surface area contributed by atoms with Gasteiger partial charge < -0.3 is 0 Å². The van der Waals surface area contributed by atoms with Gasteiger partial charge in [-0.1, -0.05) is 44.0 Å². The molecule has 1 aromatic heterocycles.